The molecule has 0 aromatic rings. The lowest BCUT2D eigenvalue weighted by atomic mass is 10.0. The Morgan fingerprint density at radius 3 is 2.50 bits per heavy atom. The fraction of sp³-hybridized carbons (Fsp3) is 1.00. The summed E-state index contributed by atoms with van der Waals surface area (Å²) in [4.78, 5) is 2.43. The third kappa shape index (κ3) is 2.96. The van der Waals surface area contributed by atoms with Crippen LogP contribution in [0.1, 0.15) is 40.5 Å². The van der Waals surface area contributed by atoms with E-state index in [1.165, 1.54) is 6.42 Å². The maximum absolute atomic E-state index is 9.94. The largest absolute Gasteiger partial charge is 0.392 e. The molecule has 0 aromatic carbocycles. The van der Waals surface area contributed by atoms with E-state index in [4.69, 9.17) is 0 Å². The fourth-order valence-corrected chi connectivity index (χ4v) is 2.33. The Bertz CT molecular complexity index is 172. The third-order valence-electron chi connectivity index (χ3n) is 3.64. The zero-order chi connectivity index (χ0) is 10.7. The second-order valence-corrected chi connectivity index (χ2v) is 5.10. The van der Waals surface area contributed by atoms with Crippen LogP contribution in [0.25, 0.3) is 0 Å². The molecule has 0 aromatic heterocycles. The number of aliphatic hydroxyl groups excluding tert-OH is 1. The molecule has 1 aliphatic heterocycles. The summed E-state index contributed by atoms with van der Waals surface area (Å²) >= 11 is 0. The lowest BCUT2D eigenvalue weighted by molar-refractivity contribution is 0.0654. The summed E-state index contributed by atoms with van der Waals surface area (Å²) in [6, 6.07) is 0.656. The van der Waals surface area contributed by atoms with Crippen LogP contribution in [-0.2, 0) is 0 Å². The van der Waals surface area contributed by atoms with Crippen LogP contribution in [0, 0.1) is 11.8 Å². The van der Waals surface area contributed by atoms with E-state index in [0.29, 0.717) is 12.0 Å². The van der Waals surface area contributed by atoms with Crippen molar-refractivity contribution in [2.75, 3.05) is 13.1 Å². The summed E-state index contributed by atoms with van der Waals surface area (Å²) in [5.74, 6) is 1.23. The molecule has 1 fully saturated rings. The van der Waals surface area contributed by atoms with Gasteiger partial charge in [0, 0.05) is 19.1 Å². The van der Waals surface area contributed by atoms with Crippen molar-refractivity contribution in [1.29, 1.82) is 0 Å². The Hall–Kier alpha value is -0.0800. The number of rotatable bonds is 4. The number of nitrogens with zero attached hydrogens (tertiary/aromatic N) is 1. The van der Waals surface area contributed by atoms with Gasteiger partial charge in [-0.2, -0.15) is 0 Å². The molecule has 0 aliphatic carbocycles. The Kier molecular flexibility index (Phi) is 4.39. The van der Waals surface area contributed by atoms with Crippen LogP contribution in [0.5, 0.6) is 0 Å². The molecular formula is C12H25NO. The van der Waals surface area contributed by atoms with E-state index in [2.05, 4.69) is 32.6 Å². The maximum atomic E-state index is 9.94. The van der Waals surface area contributed by atoms with Crippen molar-refractivity contribution in [2.45, 2.75) is 52.7 Å². The van der Waals surface area contributed by atoms with Gasteiger partial charge in [0.25, 0.3) is 0 Å². The molecule has 4 unspecified atom stereocenters. The molecule has 0 radical (unpaired) electrons. The van der Waals surface area contributed by atoms with Crippen LogP contribution in [0.4, 0.5) is 0 Å². The predicted molar refractivity (Wildman–Crippen MR) is 60.3 cm³/mol. The molecule has 2 nitrogen and oxygen atoms in total. The molecule has 1 N–H and O–H groups in total. The molecule has 84 valence electrons. The molecule has 0 saturated carbocycles. The zero-order valence-corrected chi connectivity index (χ0v) is 10.0. The molecule has 14 heavy (non-hydrogen) atoms. The van der Waals surface area contributed by atoms with Gasteiger partial charge in [0.1, 0.15) is 0 Å². The first kappa shape index (κ1) is 12.0. The highest BCUT2D eigenvalue weighted by molar-refractivity contribution is 4.82. The van der Waals surface area contributed by atoms with Gasteiger partial charge in [-0.25, -0.2) is 0 Å². The Labute approximate surface area is 88.3 Å². The lowest BCUT2D eigenvalue weighted by Crippen LogP contribution is -2.37. The molecule has 1 saturated heterocycles. The highest BCUT2D eigenvalue weighted by Crippen LogP contribution is 2.23. The smallest absolute Gasteiger partial charge is 0.0692 e. The quantitative estimate of drug-likeness (QED) is 0.749. The van der Waals surface area contributed by atoms with E-state index in [1.807, 2.05) is 0 Å². The van der Waals surface area contributed by atoms with Crippen LogP contribution in [0.2, 0.25) is 0 Å². The van der Waals surface area contributed by atoms with Crippen molar-refractivity contribution >= 4 is 0 Å². The van der Waals surface area contributed by atoms with E-state index in [-0.39, 0.29) is 6.10 Å². The van der Waals surface area contributed by atoms with E-state index in [0.717, 1.165) is 25.4 Å². The van der Waals surface area contributed by atoms with E-state index in [9.17, 15) is 5.11 Å². The highest BCUT2D eigenvalue weighted by atomic mass is 16.3. The van der Waals surface area contributed by atoms with Crippen molar-refractivity contribution in [3.63, 3.8) is 0 Å². The summed E-state index contributed by atoms with van der Waals surface area (Å²) < 4.78 is 0. The number of β-amino-alcohol motifs (C(OH)–C–C–N with tert-alkyl or cyclic N) is 1. The topological polar surface area (TPSA) is 23.5 Å². The SMILES string of the molecule is CCC(C)C(O)CN1CC(C)CC1C. The minimum absolute atomic E-state index is 0.146. The van der Waals surface area contributed by atoms with Crippen LogP contribution in [0.15, 0.2) is 0 Å². The minimum atomic E-state index is -0.146. The average Bonchev–Trinajstić information content (AvgIpc) is 2.44. The number of aliphatic hydroxyl groups is 1. The second-order valence-electron chi connectivity index (χ2n) is 5.10. The number of hydrogen-bond acceptors (Lipinski definition) is 2. The molecule has 0 amide bonds. The average molecular weight is 199 g/mol. The summed E-state index contributed by atoms with van der Waals surface area (Å²) in [6.45, 7) is 10.9. The van der Waals surface area contributed by atoms with Crippen molar-refractivity contribution in [2.24, 2.45) is 11.8 Å². The van der Waals surface area contributed by atoms with Gasteiger partial charge in [0.2, 0.25) is 0 Å². The Balaban J connectivity index is 2.36. The van der Waals surface area contributed by atoms with E-state index < -0.39 is 0 Å². The number of hydrogen-bond donors (Lipinski definition) is 1. The lowest BCUT2D eigenvalue weighted by Gasteiger charge is -2.27. The first-order valence-corrected chi connectivity index (χ1v) is 5.96. The molecule has 2 heteroatoms. The molecule has 1 heterocycles. The normalized spacial score (nSPS) is 33.2. The van der Waals surface area contributed by atoms with Gasteiger partial charge < -0.3 is 5.11 Å². The second kappa shape index (κ2) is 5.13. The predicted octanol–water partition coefficient (Wildman–Crippen LogP) is 2.12. The zero-order valence-electron chi connectivity index (χ0n) is 10.0. The van der Waals surface area contributed by atoms with Crippen LogP contribution < -0.4 is 0 Å². The van der Waals surface area contributed by atoms with Gasteiger partial charge in [-0.15, -0.1) is 0 Å². The van der Waals surface area contributed by atoms with Crippen LogP contribution in [-0.4, -0.2) is 35.2 Å². The summed E-state index contributed by atoms with van der Waals surface area (Å²) in [6.07, 6.45) is 2.21. The summed E-state index contributed by atoms with van der Waals surface area (Å²) in [5, 5.41) is 9.94. The Morgan fingerprint density at radius 2 is 2.07 bits per heavy atom. The van der Waals surface area contributed by atoms with Crippen molar-refractivity contribution in [3.05, 3.63) is 0 Å². The standard InChI is InChI=1S/C12H25NO/c1-5-10(3)12(14)8-13-7-9(2)6-11(13)4/h9-12,14H,5-8H2,1-4H3. The fourth-order valence-electron chi connectivity index (χ4n) is 2.33. The van der Waals surface area contributed by atoms with Crippen LogP contribution in [0.3, 0.4) is 0 Å². The van der Waals surface area contributed by atoms with Crippen LogP contribution >= 0.6 is 0 Å². The first-order chi connectivity index (χ1) is 6.54. The highest BCUT2D eigenvalue weighted by Gasteiger charge is 2.28. The molecule has 4 atom stereocenters. The monoisotopic (exact) mass is 199 g/mol. The molecule has 0 bridgehead atoms. The molecular weight excluding hydrogens is 174 g/mol. The van der Waals surface area contributed by atoms with E-state index >= 15 is 0 Å². The maximum Gasteiger partial charge on any atom is 0.0692 e. The number of likely N-dealkylation sites (tertiary alicyclic amines) is 1. The first-order valence-electron chi connectivity index (χ1n) is 5.96. The summed E-state index contributed by atoms with van der Waals surface area (Å²) in [7, 11) is 0. The van der Waals surface area contributed by atoms with Gasteiger partial charge in [0.15, 0.2) is 0 Å². The van der Waals surface area contributed by atoms with Gasteiger partial charge in [0.05, 0.1) is 6.10 Å². The van der Waals surface area contributed by atoms with Gasteiger partial charge in [-0.3, -0.25) is 4.90 Å². The molecule has 1 rings (SSSR count). The van der Waals surface area contributed by atoms with Gasteiger partial charge >= 0.3 is 0 Å². The van der Waals surface area contributed by atoms with Crippen molar-refractivity contribution in [3.8, 4) is 0 Å². The van der Waals surface area contributed by atoms with Gasteiger partial charge in [-0.1, -0.05) is 27.2 Å². The third-order valence-corrected chi connectivity index (χ3v) is 3.64. The minimum Gasteiger partial charge on any atom is -0.392 e. The summed E-state index contributed by atoms with van der Waals surface area (Å²) in [5.41, 5.74) is 0. The van der Waals surface area contributed by atoms with Crippen molar-refractivity contribution in [1.82, 2.24) is 4.90 Å². The van der Waals surface area contributed by atoms with E-state index in [1.54, 1.807) is 0 Å². The van der Waals surface area contributed by atoms with Gasteiger partial charge in [-0.05, 0) is 25.2 Å². The molecule has 1 aliphatic rings. The Morgan fingerprint density at radius 1 is 1.43 bits per heavy atom. The van der Waals surface area contributed by atoms with Crippen molar-refractivity contribution < 1.29 is 5.11 Å². The molecule has 0 spiro atoms.